The van der Waals surface area contributed by atoms with Crippen molar-refractivity contribution in [3.05, 3.63) is 41.7 Å². The van der Waals surface area contributed by atoms with Crippen LogP contribution in [0.25, 0.3) is 0 Å². The lowest BCUT2D eigenvalue weighted by Gasteiger charge is -2.08. The van der Waals surface area contributed by atoms with Gasteiger partial charge in [0.1, 0.15) is 17.5 Å². The van der Waals surface area contributed by atoms with Gasteiger partial charge >= 0.3 is 0 Å². The fraction of sp³-hybridized carbons (Fsp3) is 0.154. The topological polar surface area (TPSA) is 73.6 Å². The standard InChI is InChI=1S/C13H13N5/c1-9-4-3-5-11(6-9)18-13-7-12(15-8-14)16-10(2)17-13/h3-7H,1-2H3,(H2,15,16,17,18). The zero-order valence-corrected chi connectivity index (χ0v) is 10.2. The van der Waals surface area contributed by atoms with E-state index in [-0.39, 0.29) is 0 Å². The van der Waals surface area contributed by atoms with E-state index in [0.29, 0.717) is 17.5 Å². The molecule has 0 spiro atoms. The van der Waals surface area contributed by atoms with Gasteiger partial charge in [-0.2, -0.15) is 5.26 Å². The first-order valence-corrected chi connectivity index (χ1v) is 5.52. The first-order valence-electron chi connectivity index (χ1n) is 5.52. The molecule has 5 nitrogen and oxygen atoms in total. The van der Waals surface area contributed by atoms with Crippen LogP contribution in [0.2, 0.25) is 0 Å². The van der Waals surface area contributed by atoms with Gasteiger partial charge < -0.3 is 5.32 Å². The van der Waals surface area contributed by atoms with E-state index in [1.807, 2.05) is 37.4 Å². The molecule has 0 fully saturated rings. The monoisotopic (exact) mass is 239 g/mol. The third-order valence-corrected chi connectivity index (χ3v) is 2.31. The van der Waals surface area contributed by atoms with Crippen molar-refractivity contribution in [1.29, 1.82) is 5.26 Å². The van der Waals surface area contributed by atoms with Crippen LogP contribution in [0.1, 0.15) is 11.4 Å². The van der Waals surface area contributed by atoms with Gasteiger partial charge in [-0.25, -0.2) is 9.97 Å². The molecule has 0 bridgehead atoms. The zero-order chi connectivity index (χ0) is 13.0. The number of hydrogen-bond donors (Lipinski definition) is 2. The molecule has 18 heavy (non-hydrogen) atoms. The van der Waals surface area contributed by atoms with Crippen LogP contribution in [0, 0.1) is 25.3 Å². The quantitative estimate of drug-likeness (QED) is 0.636. The summed E-state index contributed by atoms with van der Waals surface area (Å²) >= 11 is 0. The number of benzene rings is 1. The number of aromatic nitrogens is 2. The molecule has 0 atom stereocenters. The van der Waals surface area contributed by atoms with Crippen LogP contribution in [0.5, 0.6) is 0 Å². The number of nitrogens with zero attached hydrogens (tertiary/aromatic N) is 3. The molecule has 0 saturated heterocycles. The highest BCUT2D eigenvalue weighted by molar-refractivity contribution is 5.60. The third-order valence-electron chi connectivity index (χ3n) is 2.31. The van der Waals surface area contributed by atoms with Crippen molar-refractivity contribution in [1.82, 2.24) is 9.97 Å². The highest BCUT2D eigenvalue weighted by Crippen LogP contribution is 2.18. The molecule has 2 rings (SSSR count). The highest BCUT2D eigenvalue weighted by Gasteiger charge is 2.02. The molecule has 1 aromatic heterocycles. The van der Waals surface area contributed by atoms with E-state index >= 15 is 0 Å². The third kappa shape index (κ3) is 2.95. The summed E-state index contributed by atoms with van der Waals surface area (Å²) in [5.41, 5.74) is 2.12. The predicted octanol–water partition coefficient (Wildman–Crippen LogP) is 2.73. The minimum Gasteiger partial charge on any atom is -0.340 e. The van der Waals surface area contributed by atoms with Gasteiger partial charge in [-0.15, -0.1) is 0 Å². The molecular weight excluding hydrogens is 226 g/mol. The summed E-state index contributed by atoms with van der Waals surface area (Å²) in [4.78, 5) is 8.37. The Morgan fingerprint density at radius 3 is 2.61 bits per heavy atom. The second-order valence-electron chi connectivity index (χ2n) is 3.92. The van der Waals surface area contributed by atoms with Gasteiger partial charge in [0.2, 0.25) is 0 Å². The lowest BCUT2D eigenvalue weighted by Crippen LogP contribution is -2.01. The predicted molar refractivity (Wildman–Crippen MR) is 70.5 cm³/mol. The fourth-order valence-electron chi connectivity index (χ4n) is 1.62. The van der Waals surface area contributed by atoms with E-state index in [1.54, 1.807) is 13.0 Å². The Morgan fingerprint density at radius 1 is 1.11 bits per heavy atom. The van der Waals surface area contributed by atoms with E-state index in [0.717, 1.165) is 5.69 Å². The van der Waals surface area contributed by atoms with Crippen molar-refractivity contribution < 1.29 is 0 Å². The van der Waals surface area contributed by atoms with Gasteiger partial charge in [0.25, 0.3) is 0 Å². The molecule has 0 radical (unpaired) electrons. The number of anilines is 3. The summed E-state index contributed by atoms with van der Waals surface area (Å²) in [5, 5.41) is 14.3. The van der Waals surface area contributed by atoms with E-state index in [4.69, 9.17) is 5.26 Å². The maximum Gasteiger partial charge on any atom is 0.182 e. The molecule has 2 aromatic rings. The van der Waals surface area contributed by atoms with Crippen molar-refractivity contribution in [2.24, 2.45) is 0 Å². The lowest BCUT2D eigenvalue weighted by atomic mass is 10.2. The number of nitrogens with one attached hydrogen (secondary N) is 2. The summed E-state index contributed by atoms with van der Waals surface area (Å²) in [6.45, 7) is 3.81. The molecule has 0 aliphatic rings. The van der Waals surface area contributed by atoms with Crippen molar-refractivity contribution in [3.8, 4) is 6.19 Å². The highest BCUT2D eigenvalue weighted by atomic mass is 15.1. The van der Waals surface area contributed by atoms with E-state index < -0.39 is 0 Å². The SMILES string of the molecule is Cc1cccc(Nc2cc(NC#N)nc(C)n2)c1. The number of aryl methyl sites for hydroxylation is 2. The number of nitriles is 1. The molecule has 0 aliphatic heterocycles. The Hall–Kier alpha value is -2.61. The van der Waals surface area contributed by atoms with Gasteiger partial charge in [-0.3, -0.25) is 5.32 Å². The molecule has 1 aromatic carbocycles. The second-order valence-corrected chi connectivity index (χ2v) is 3.92. The molecule has 90 valence electrons. The molecule has 0 unspecified atom stereocenters. The molecule has 1 heterocycles. The average Bonchev–Trinajstić information content (AvgIpc) is 2.28. The Balaban J connectivity index is 2.26. The Bertz CT molecular complexity index is 601. The van der Waals surface area contributed by atoms with Gasteiger partial charge in [0, 0.05) is 11.8 Å². The molecule has 0 aliphatic carbocycles. The summed E-state index contributed by atoms with van der Waals surface area (Å²) in [6, 6.07) is 9.68. The first kappa shape index (κ1) is 11.9. The van der Waals surface area contributed by atoms with Gasteiger partial charge in [-0.1, -0.05) is 12.1 Å². The first-order chi connectivity index (χ1) is 8.67. The maximum absolute atomic E-state index is 8.59. The van der Waals surface area contributed by atoms with Crippen LogP contribution < -0.4 is 10.6 Å². The largest absolute Gasteiger partial charge is 0.340 e. The van der Waals surface area contributed by atoms with Crippen LogP contribution in [-0.2, 0) is 0 Å². The summed E-state index contributed by atoms with van der Waals surface area (Å²) < 4.78 is 0. The van der Waals surface area contributed by atoms with Gasteiger partial charge in [-0.05, 0) is 31.5 Å². The van der Waals surface area contributed by atoms with Crippen molar-refractivity contribution >= 4 is 17.3 Å². The Kier molecular flexibility index (Phi) is 3.39. The van der Waals surface area contributed by atoms with E-state index in [1.165, 1.54) is 5.56 Å². The van der Waals surface area contributed by atoms with Crippen LogP contribution in [0.3, 0.4) is 0 Å². The van der Waals surface area contributed by atoms with Crippen LogP contribution in [-0.4, -0.2) is 9.97 Å². The zero-order valence-electron chi connectivity index (χ0n) is 10.2. The fourth-order valence-corrected chi connectivity index (χ4v) is 1.62. The molecule has 0 amide bonds. The molecular formula is C13H13N5. The van der Waals surface area contributed by atoms with Crippen LogP contribution >= 0.6 is 0 Å². The summed E-state index contributed by atoms with van der Waals surface area (Å²) in [6.07, 6.45) is 1.84. The lowest BCUT2D eigenvalue weighted by molar-refractivity contribution is 1.06. The Morgan fingerprint density at radius 2 is 1.89 bits per heavy atom. The minimum atomic E-state index is 0.486. The molecule has 2 N–H and O–H groups in total. The van der Waals surface area contributed by atoms with Crippen LogP contribution in [0.15, 0.2) is 30.3 Å². The smallest absolute Gasteiger partial charge is 0.182 e. The van der Waals surface area contributed by atoms with Gasteiger partial charge in [0.05, 0.1) is 0 Å². The molecule has 0 saturated carbocycles. The number of hydrogen-bond acceptors (Lipinski definition) is 5. The number of rotatable bonds is 3. The van der Waals surface area contributed by atoms with E-state index in [9.17, 15) is 0 Å². The minimum absolute atomic E-state index is 0.486. The van der Waals surface area contributed by atoms with Crippen molar-refractivity contribution in [2.75, 3.05) is 10.6 Å². The summed E-state index contributed by atoms with van der Waals surface area (Å²) in [7, 11) is 0. The van der Waals surface area contributed by atoms with Gasteiger partial charge in [0.15, 0.2) is 6.19 Å². The molecule has 5 heteroatoms. The normalized spacial score (nSPS) is 9.61. The second kappa shape index (κ2) is 5.15. The average molecular weight is 239 g/mol. The van der Waals surface area contributed by atoms with E-state index in [2.05, 4.69) is 20.6 Å². The summed E-state index contributed by atoms with van der Waals surface area (Å²) in [5.74, 6) is 1.75. The van der Waals surface area contributed by atoms with Crippen molar-refractivity contribution in [3.63, 3.8) is 0 Å². The Labute approximate surface area is 106 Å². The van der Waals surface area contributed by atoms with Crippen molar-refractivity contribution in [2.45, 2.75) is 13.8 Å². The maximum atomic E-state index is 8.59. The van der Waals surface area contributed by atoms with Crippen LogP contribution in [0.4, 0.5) is 17.3 Å².